The van der Waals surface area contributed by atoms with E-state index >= 15 is 0 Å². The van der Waals surface area contributed by atoms with Crippen LogP contribution in [0, 0.1) is 13.8 Å². The molecular formula is C19H17NO2. The Hall–Kier alpha value is -2.81. The van der Waals surface area contributed by atoms with Crippen LogP contribution in [0.15, 0.2) is 54.6 Å². The van der Waals surface area contributed by atoms with Crippen molar-refractivity contribution in [1.29, 1.82) is 0 Å². The third-order valence-corrected chi connectivity index (χ3v) is 3.77. The number of amides is 1. The molecule has 3 rings (SSSR count). The highest BCUT2D eigenvalue weighted by atomic mass is 16.3. The summed E-state index contributed by atoms with van der Waals surface area (Å²) in [5.74, 6) is 0.0634. The zero-order valence-electron chi connectivity index (χ0n) is 12.6. The van der Waals surface area contributed by atoms with Gasteiger partial charge in [0.15, 0.2) is 0 Å². The summed E-state index contributed by atoms with van der Waals surface area (Å²) >= 11 is 0. The van der Waals surface area contributed by atoms with Crippen LogP contribution in [0.3, 0.4) is 0 Å². The molecule has 0 saturated carbocycles. The quantitative estimate of drug-likeness (QED) is 0.734. The number of fused-ring (bicyclic) bond motifs is 1. The van der Waals surface area contributed by atoms with Crippen LogP contribution in [0.1, 0.15) is 21.5 Å². The van der Waals surface area contributed by atoms with Crippen LogP contribution in [0.25, 0.3) is 10.8 Å². The Morgan fingerprint density at radius 2 is 1.68 bits per heavy atom. The summed E-state index contributed by atoms with van der Waals surface area (Å²) in [6, 6.07) is 16.5. The number of phenols is 1. The summed E-state index contributed by atoms with van der Waals surface area (Å²) in [6.45, 7) is 3.93. The summed E-state index contributed by atoms with van der Waals surface area (Å²) in [6.07, 6.45) is 0. The van der Waals surface area contributed by atoms with E-state index in [2.05, 4.69) is 5.32 Å². The highest BCUT2D eigenvalue weighted by molar-refractivity contribution is 6.10. The molecule has 0 heterocycles. The summed E-state index contributed by atoms with van der Waals surface area (Å²) in [5.41, 5.74) is 3.42. The van der Waals surface area contributed by atoms with Crippen molar-refractivity contribution in [2.75, 3.05) is 5.32 Å². The predicted octanol–water partition coefficient (Wildman–Crippen LogP) is 4.41. The normalized spacial score (nSPS) is 10.6. The molecule has 3 aromatic carbocycles. The SMILES string of the molecule is Cc1ccc(C(=O)Nc2cccc3c(O)cccc23)c(C)c1. The summed E-state index contributed by atoms with van der Waals surface area (Å²) < 4.78 is 0. The molecule has 1 amide bonds. The van der Waals surface area contributed by atoms with Gasteiger partial charge in [0.2, 0.25) is 0 Å². The molecule has 0 unspecified atom stereocenters. The number of aromatic hydroxyl groups is 1. The van der Waals surface area contributed by atoms with Crippen LogP contribution < -0.4 is 5.32 Å². The lowest BCUT2D eigenvalue weighted by Gasteiger charge is -2.11. The second-order valence-corrected chi connectivity index (χ2v) is 5.45. The van der Waals surface area contributed by atoms with Crippen LogP contribution in [0.2, 0.25) is 0 Å². The molecule has 0 spiro atoms. The Morgan fingerprint density at radius 3 is 2.45 bits per heavy atom. The fraction of sp³-hybridized carbons (Fsp3) is 0.105. The van der Waals surface area contributed by atoms with Gasteiger partial charge < -0.3 is 10.4 Å². The molecule has 22 heavy (non-hydrogen) atoms. The van der Waals surface area contributed by atoms with Crippen molar-refractivity contribution < 1.29 is 9.90 Å². The number of phenolic OH excluding ortho intramolecular Hbond substituents is 1. The van der Waals surface area contributed by atoms with Crippen molar-refractivity contribution >= 4 is 22.4 Å². The number of carbonyl (C=O) groups excluding carboxylic acids is 1. The molecular weight excluding hydrogens is 274 g/mol. The number of anilines is 1. The van der Waals surface area contributed by atoms with Gasteiger partial charge in [0.05, 0.1) is 0 Å². The highest BCUT2D eigenvalue weighted by Crippen LogP contribution is 2.30. The molecule has 0 aromatic heterocycles. The zero-order chi connectivity index (χ0) is 15.7. The van der Waals surface area contributed by atoms with Gasteiger partial charge in [-0.1, -0.05) is 42.0 Å². The van der Waals surface area contributed by atoms with Crippen LogP contribution >= 0.6 is 0 Å². The monoisotopic (exact) mass is 291 g/mol. The molecule has 110 valence electrons. The van der Waals surface area contributed by atoms with E-state index in [0.29, 0.717) is 11.3 Å². The van der Waals surface area contributed by atoms with E-state index in [9.17, 15) is 9.90 Å². The first-order valence-corrected chi connectivity index (χ1v) is 7.15. The summed E-state index contributed by atoms with van der Waals surface area (Å²) in [5, 5.41) is 14.4. The molecule has 3 aromatic rings. The maximum absolute atomic E-state index is 12.5. The fourth-order valence-electron chi connectivity index (χ4n) is 2.66. The molecule has 0 radical (unpaired) electrons. The third-order valence-electron chi connectivity index (χ3n) is 3.77. The van der Waals surface area contributed by atoms with Crippen LogP contribution in [-0.2, 0) is 0 Å². The molecule has 0 aliphatic carbocycles. The van der Waals surface area contributed by atoms with Gasteiger partial charge >= 0.3 is 0 Å². The van der Waals surface area contributed by atoms with Gasteiger partial charge in [-0.25, -0.2) is 0 Å². The molecule has 0 aliphatic heterocycles. The van der Waals surface area contributed by atoms with Gasteiger partial charge in [-0.2, -0.15) is 0 Å². The average molecular weight is 291 g/mol. The Balaban J connectivity index is 2.00. The lowest BCUT2D eigenvalue weighted by Crippen LogP contribution is -2.13. The van der Waals surface area contributed by atoms with E-state index in [1.165, 1.54) is 0 Å². The van der Waals surface area contributed by atoms with Crippen LogP contribution in [0.5, 0.6) is 5.75 Å². The Labute approximate surface area is 129 Å². The van der Waals surface area contributed by atoms with E-state index in [1.54, 1.807) is 12.1 Å². The maximum atomic E-state index is 12.5. The molecule has 0 bridgehead atoms. The van der Waals surface area contributed by atoms with Gasteiger partial charge in [0.1, 0.15) is 5.75 Å². The first-order valence-electron chi connectivity index (χ1n) is 7.15. The minimum Gasteiger partial charge on any atom is -0.507 e. The Morgan fingerprint density at radius 1 is 0.955 bits per heavy atom. The van der Waals surface area contributed by atoms with Crippen molar-refractivity contribution in [2.45, 2.75) is 13.8 Å². The number of rotatable bonds is 2. The molecule has 3 nitrogen and oxygen atoms in total. The van der Waals surface area contributed by atoms with Gasteiger partial charge in [-0.05, 0) is 37.6 Å². The van der Waals surface area contributed by atoms with Crippen molar-refractivity contribution in [3.8, 4) is 5.75 Å². The van der Waals surface area contributed by atoms with Crippen molar-refractivity contribution in [1.82, 2.24) is 0 Å². The lowest BCUT2D eigenvalue weighted by atomic mass is 10.0. The van der Waals surface area contributed by atoms with Crippen molar-refractivity contribution in [3.63, 3.8) is 0 Å². The molecule has 2 N–H and O–H groups in total. The number of nitrogens with one attached hydrogen (secondary N) is 1. The topological polar surface area (TPSA) is 49.3 Å². The minimum absolute atomic E-state index is 0.145. The number of hydrogen-bond acceptors (Lipinski definition) is 2. The molecule has 0 atom stereocenters. The van der Waals surface area contributed by atoms with E-state index in [1.807, 2.05) is 56.3 Å². The Kier molecular flexibility index (Phi) is 3.55. The standard InChI is InChI=1S/C19H17NO2/c1-12-9-10-14(13(2)11-12)19(22)20-17-7-3-6-16-15(17)5-4-8-18(16)21/h3-11,21H,1-2H3,(H,20,22). The minimum atomic E-state index is -0.145. The third kappa shape index (κ3) is 2.53. The first-order chi connectivity index (χ1) is 10.6. The zero-order valence-corrected chi connectivity index (χ0v) is 12.6. The van der Waals surface area contributed by atoms with E-state index in [0.717, 1.165) is 21.9 Å². The summed E-state index contributed by atoms with van der Waals surface area (Å²) in [7, 11) is 0. The molecule has 3 heteroatoms. The van der Waals surface area contributed by atoms with Crippen molar-refractivity contribution in [3.05, 3.63) is 71.3 Å². The average Bonchev–Trinajstić information content (AvgIpc) is 2.48. The molecule has 0 aliphatic rings. The van der Waals surface area contributed by atoms with E-state index in [4.69, 9.17) is 0 Å². The van der Waals surface area contributed by atoms with Crippen LogP contribution in [0.4, 0.5) is 5.69 Å². The lowest BCUT2D eigenvalue weighted by molar-refractivity contribution is 0.102. The number of carbonyl (C=O) groups is 1. The van der Waals surface area contributed by atoms with Crippen LogP contribution in [-0.4, -0.2) is 11.0 Å². The fourth-order valence-corrected chi connectivity index (χ4v) is 2.66. The van der Waals surface area contributed by atoms with Gasteiger partial charge in [0, 0.05) is 22.0 Å². The second-order valence-electron chi connectivity index (χ2n) is 5.45. The smallest absolute Gasteiger partial charge is 0.255 e. The van der Waals surface area contributed by atoms with E-state index in [-0.39, 0.29) is 11.7 Å². The van der Waals surface area contributed by atoms with Gasteiger partial charge in [-0.3, -0.25) is 4.79 Å². The largest absolute Gasteiger partial charge is 0.507 e. The second kappa shape index (κ2) is 5.53. The molecule has 0 fully saturated rings. The number of hydrogen-bond donors (Lipinski definition) is 2. The molecule has 0 saturated heterocycles. The highest BCUT2D eigenvalue weighted by Gasteiger charge is 2.11. The van der Waals surface area contributed by atoms with Gasteiger partial charge in [-0.15, -0.1) is 0 Å². The van der Waals surface area contributed by atoms with Gasteiger partial charge in [0.25, 0.3) is 5.91 Å². The Bertz CT molecular complexity index is 868. The number of benzene rings is 3. The van der Waals surface area contributed by atoms with E-state index < -0.39 is 0 Å². The predicted molar refractivity (Wildman–Crippen MR) is 89.5 cm³/mol. The maximum Gasteiger partial charge on any atom is 0.255 e. The first kappa shape index (κ1) is 14.1. The summed E-state index contributed by atoms with van der Waals surface area (Å²) in [4.78, 5) is 12.5. The number of aryl methyl sites for hydroxylation is 2. The van der Waals surface area contributed by atoms with Crippen molar-refractivity contribution in [2.24, 2.45) is 0 Å².